The Balaban J connectivity index is 1.95. The number of hydrogen-bond donors (Lipinski definition) is 1. The molecule has 1 aromatic carbocycles. The predicted octanol–water partition coefficient (Wildman–Crippen LogP) is 4.42. The Morgan fingerprint density at radius 1 is 1.28 bits per heavy atom. The first-order valence-electron chi connectivity index (χ1n) is 6.33. The first-order chi connectivity index (χ1) is 8.69. The van der Waals surface area contributed by atoms with Crippen LogP contribution in [0.25, 0.3) is 0 Å². The summed E-state index contributed by atoms with van der Waals surface area (Å²) in [4.78, 5) is 0. The number of aryl methyl sites for hydroxylation is 2. The van der Waals surface area contributed by atoms with Crippen LogP contribution in [-0.4, -0.2) is 4.57 Å². The van der Waals surface area contributed by atoms with Gasteiger partial charge in [-0.15, -0.1) is 0 Å². The Morgan fingerprint density at radius 2 is 2.11 bits per heavy atom. The number of halogens is 1. The molecule has 0 bridgehead atoms. The third-order valence-electron chi connectivity index (χ3n) is 2.96. The van der Waals surface area contributed by atoms with Gasteiger partial charge >= 0.3 is 0 Å². The molecule has 1 heterocycles. The molecule has 0 aliphatic carbocycles. The van der Waals surface area contributed by atoms with Crippen LogP contribution in [0.1, 0.15) is 24.5 Å². The van der Waals surface area contributed by atoms with E-state index in [1.54, 1.807) is 0 Å². The van der Waals surface area contributed by atoms with Crippen molar-refractivity contribution in [2.75, 3.05) is 5.32 Å². The van der Waals surface area contributed by atoms with E-state index in [1.807, 2.05) is 0 Å². The second-order valence-electron chi connectivity index (χ2n) is 4.58. The van der Waals surface area contributed by atoms with Crippen molar-refractivity contribution in [3.63, 3.8) is 0 Å². The Morgan fingerprint density at radius 3 is 2.83 bits per heavy atom. The lowest BCUT2D eigenvalue weighted by molar-refractivity contribution is 0.682. The van der Waals surface area contributed by atoms with E-state index in [9.17, 15) is 0 Å². The van der Waals surface area contributed by atoms with Gasteiger partial charge in [-0.1, -0.05) is 13.0 Å². The van der Waals surface area contributed by atoms with Crippen molar-refractivity contribution in [2.24, 2.45) is 0 Å². The highest BCUT2D eigenvalue weighted by atomic mass is 127. The van der Waals surface area contributed by atoms with Gasteiger partial charge in [0.1, 0.15) is 0 Å². The zero-order valence-electron chi connectivity index (χ0n) is 10.9. The molecule has 1 N–H and O–H groups in total. The summed E-state index contributed by atoms with van der Waals surface area (Å²) in [5.74, 6) is 0. The molecule has 0 amide bonds. The summed E-state index contributed by atoms with van der Waals surface area (Å²) < 4.78 is 3.55. The van der Waals surface area contributed by atoms with E-state index in [2.05, 4.69) is 83.0 Å². The van der Waals surface area contributed by atoms with E-state index in [0.29, 0.717) is 0 Å². The lowest BCUT2D eigenvalue weighted by Crippen LogP contribution is -1.99. The average molecular weight is 354 g/mol. The molecular weight excluding hydrogens is 335 g/mol. The van der Waals surface area contributed by atoms with Crippen molar-refractivity contribution in [3.8, 4) is 0 Å². The van der Waals surface area contributed by atoms with Gasteiger partial charge in [0.15, 0.2) is 0 Å². The van der Waals surface area contributed by atoms with Crippen LogP contribution >= 0.6 is 22.6 Å². The molecule has 0 aliphatic heterocycles. The maximum Gasteiger partial charge on any atom is 0.0415 e. The summed E-state index contributed by atoms with van der Waals surface area (Å²) in [7, 11) is 0. The average Bonchev–Trinajstić information content (AvgIpc) is 2.79. The van der Waals surface area contributed by atoms with E-state index in [4.69, 9.17) is 0 Å². The second kappa shape index (κ2) is 6.27. The predicted molar refractivity (Wildman–Crippen MR) is 85.9 cm³/mol. The zero-order valence-corrected chi connectivity index (χ0v) is 13.1. The maximum absolute atomic E-state index is 3.47. The Kier molecular flexibility index (Phi) is 4.69. The van der Waals surface area contributed by atoms with Gasteiger partial charge in [0.05, 0.1) is 0 Å². The minimum absolute atomic E-state index is 0.885. The van der Waals surface area contributed by atoms with Gasteiger partial charge in [-0.25, -0.2) is 0 Å². The molecule has 1 aromatic heterocycles. The molecular formula is C15H19IN2. The fourth-order valence-electron chi connectivity index (χ4n) is 1.90. The second-order valence-corrected chi connectivity index (χ2v) is 5.74. The van der Waals surface area contributed by atoms with Crippen LogP contribution in [-0.2, 0) is 13.1 Å². The van der Waals surface area contributed by atoms with Crippen LogP contribution in [0.4, 0.5) is 5.69 Å². The summed E-state index contributed by atoms with van der Waals surface area (Å²) in [5, 5.41) is 3.47. The molecule has 2 rings (SSSR count). The highest BCUT2D eigenvalue weighted by Gasteiger charge is 1.99. The molecule has 18 heavy (non-hydrogen) atoms. The first-order valence-corrected chi connectivity index (χ1v) is 7.41. The molecule has 2 aromatic rings. The molecule has 96 valence electrons. The van der Waals surface area contributed by atoms with Crippen LogP contribution in [0, 0.1) is 10.5 Å². The van der Waals surface area contributed by atoms with Gasteiger partial charge in [0.25, 0.3) is 0 Å². The molecule has 0 saturated carbocycles. The summed E-state index contributed by atoms with van der Waals surface area (Å²) in [6, 6.07) is 8.67. The van der Waals surface area contributed by atoms with Crippen molar-refractivity contribution in [1.29, 1.82) is 0 Å². The number of nitrogens with zero attached hydrogens (tertiary/aromatic N) is 1. The van der Waals surface area contributed by atoms with E-state index < -0.39 is 0 Å². The van der Waals surface area contributed by atoms with Gasteiger partial charge in [-0.05, 0) is 65.3 Å². The van der Waals surface area contributed by atoms with Gasteiger partial charge in [-0.3, -0.25) is 0 Å². The lowest BCUT2D eigenvalue weighted by atomic mass is 10.2. The number of nitrogens with one attached hydrogen (secondary N) is 1. The van der Waals surface area contributed by atoms with E-state index in [-0.39, 0.29) is 0 Å². The largest absolute Gasteiger partial charge is 0.381 e. The standard InChI is InChI=1S/C15H19IN2/c1-3-7-18-8-6-13(11-18)10-17-14-5-4-12(2)15(16)9-14/h4-6,8-9,11,17H,3,7,10H2,1-2H3. The first kappa shape index (κ1) is 13.5. The number of anilines is 1. The fraction of sp³-hybridized carbons (Fsp3) is 0.333. The summed E-state index contributed by atoms with van der Waals surface area (Å²) in [5.41, 5.74) is 3.85. The smallest absolute Gasteiger partial charge is 0.0415 e. The van der Waals surface area contributed by atoms with Crippen molar-refractivity contribution < 1.29 is 0 Å². The number of benzene rings is 1. The highest BCUT2D eigenvalue weighted by Crippen LogP contribution is 2.17. The van der Waals surface area contributed by atoms with Gasteiger partial charge in [-0.2, -0.15) is 0 Å². The Hall–Kier alpha value is -0.970. The van der Waals surface area contributed by atoms with Gasteiger partial charge in [0, 0.05) is 34.7 Å². The maximum atomic E-state index is 3.47. The molecule has 0 fully saturated rings. The van der Waals surface area contributed by atoms with Crippen LogP contribution < -0.4 is 5.32 Å². The van der Waals surface area contributed by atoms with Crippen molar-refractivity contribution in [1.82, 2.24) is 4.57 Å². The lowest BCUT2D eigenvalue weighted by Gasteiger charge is -2.07. The topological polar surface area (TPSA) is 17.0 Å². The molecule has 0 aliphatic rings. The third kappa shape index (κ3) is 3.51. The number of aromatic nitrogens is 1. The Bertz CT molecular complexity index is 517. The minimum Gasteiger partial charge on any atom is -0.381 e. The van der Waals surface area contributed by atoms with Crippen LogP contribution in [0.3, 0.4) is 0 Å². The monoisotopic (exact) mass is 354 g/mol. The quantitative estimate of drug-likeness (QED) is 0.787. The van der Waals surface area contributed by atoms with Gasteiger partial charge < -0.3 is 9.88 Å². The number of hydrogen-bond acceptors (Lipinski definition) is 1. The van der Waals surface area contributed by atoms with E-state index in [1.165, 1.54) is 26.8 Å². The van der Waals surface area contributed by atoms with Crippen LogP contribution in [0.15, 0.2) is 36.7 Å². The van der Waals surface area contributed by atoms with Gasteiger partial charge in [0.2, 0.25) is 0 Å². The van der Waals surface area contributed by atoms with E-state index >= 15 is 0 Å². The SMILES string of the molecule is CCCn1ccc(CNc2ccc(C)c(I)c2)c1. The molecule has 0 spiro atoms. The minimum atomic E-state index is 0.885. The fourth-order valence-corrected chi connectivity index (χ4v) is 2.41. The summed E-state index contributed by atoms with van der Waals surface area (Å²) in [6.45, 7) is 6.32. The zero-order chi connectivity index (χ0) is 13.0. The summed E-state index contributed by atoms with van der Waals surface area (Å²) in [6.07, 6.45) is 5.55. The normalized spacial score (nSPS) is 10.6. The molecule has 0 saturated heterocycles. The molecule has 3 heteroatoms. The number of rotatable bonds is 5. The van der Waals surface area contributed by atoms with Crippen molar-refractivity contribution in [3.05, 3.63) is 51.4 Å². The molecule has 0 atom stereocenters. The third-order valence-corrected chi connectivity index (χ3v) is 4.12. The van der Waals surface area contributed by atoms with Crippen LogP contribution in [0.2, 0.25) is 0 Å². The van der Waals surface area contributed by atoms with Crippen LogP contribution in [0.5, 0.6) is 0 Å². The highest BCUT2D eigenvalue weighted by molar-refractivity contribution is 14.1. The Labute approximate surface area is 123 Å². The van der Waals surface area contributed by atoms with Crippen molar-refractivity contribution >= 4 is 28.3 Å². The molecule has 0 unspecified atom stereocenters. The summed E-state index contributed by atoms with van der Waals surface area (Å²) >= 11 is 2.38. The van der Waals surface area contributed by atoms with E-state index in [0.717, 1.165) is 13.1 Å². The molecule has 2 nitrogen and oxygen atoms in total. The molecule has 0 radical (unpaired) electrons. The van der Waals surface area contributed by atoms with Crippen molar-refractivity contribution in [2.45, 2.75) is 33.4 Å².